The summed E-state index contributed by atoms with van der Waals surface area (Å²) < 4.78 is 5.05. The summed E-state index contributed by atoms with van der Waals surface area (Å²) >= 11 is 0. The van der Waals surface area contributed by atoms with Gasteiger partial charge >= 0.3 is 5.97 Å². The highest BCUT2D eigenvalue weighted by Gasteiger charge is 2.14. The highest BCUT2D eigenvalue weighted by molar-refractivity contribution is 6.05. The summed E-state index contributed by atoms with van der Waals surface area (Å²) in [6.07, 6.45) is 1.56. The Morgan fingerprint density at radius 3 is 2.83 bits per heavy atom. The van der Waals surface area contributed by atoms with Gasteiger partial charge in [-0.05, 0) is 24.3 Å². The van der Waals surface area contributed by atoms with E-state index in [-0.39, 0.29) is 0 Å². The minimum atomic E-state index is -0.576. The van der Waals surface area contributed by atoms with Crippen molar-refractivity contribution in [1.82, 2.24) is 4.98 Å². The monoisotopic (exact) mass is 319 g/mol. The van der Waals surface area contributed by atoms with E-state index in [1.165, 1.54) is 0 Å². The minimum Gasteiger partial charge on any atom is -0.452 e. The molecule has 118 valence electrons. The van der Waals surface area contributed by atoms with Crippen molar-refractivity contribution in [3.63, 3.8) is 0 Å². The van der Waals surface area contributed by atoms with Gasteiger partial charge in [-0.25, -0.2) is 4.79 Å². The Kier molecular flexibility index (Phi) is 4.25. The zero-order chi connectivity index (χ0) is 16.9. The molecule has 1 aromatic heterocycles. The fourth-order valence-corrected chi connectivity index (χ4v) is 2.31. The maximum absolute atomic E-state index is 12.1. The molecule has 6 heteroatoms. The fourth-order valence-electron chi connectivity index (χ4n) is 2.31. The number of carbonyl (C=O) groups is 2. The Hall–Kier alpha value is -3.59. The molecule has 2 aromatic carbocycles. The quantitative estimate of drug-likeness (QED) is 0.723. The molecule has 0 unspecified atom stereocenters. The van der Waals surface area contributed by atoms with Crippen molar-refractivity contribution >= 4 is 28.5 Å². The van der Waals surface area contributed by atoms with Crippen LogP contribution in [0.3, 0.4) is 0 Å². The van der Waals surface area contributed by atoms with Crippen LogP contribution in [0.4, 0.5) is 5.69 Å². The Morgan fingerprint density at radius 1 is 1.17 bits per heavy atom. The van der Waals surface area contributed by atoms with Crippen LogP contribution >= 0.6 is 0 Å². The van der Waals surface area contributed by atoms with Crippen LogP contribution < -0.4 is 5.32 Å². The van der Waals surface area contributed by atoms with E-state index in [0.29, 0.717) is 16.8 Å². The van der Waals surface area contributed by atoms with E-state index in [4.69, 9.17) is 10.00 Å². The lowest BCUT2D eigenvalue weighted by Crippen LogP contribution is -2.20. The van der Waals surface area contributed by atoms with E-state index in [2.05, 4.69) is 10.3 Å². The van der Waals surface area contributed by atoms with Crippen molar-refractivity contribution < 1.29 is 14.3 Å². The van der Waals surface area contributed by atoms with Gasteiger partial charge in [0.25, 0.3) is 5.91 Å². The third-order valence-electron chi connectivity index (χ3n) is 3.42. The van der Waals surface area contributed by atoms with Crippen LogP contribution in [-0.2, 0) is 9.53 Å². The van der Waals surface area contributed by atoms with Crippen LogP contribution in [0, 0.1) is 11.3 Å². The van der Waals surface area contributed by atoms with Crippen molar-refractivity contribution in [3.8, 4) is 6.07 Å². The number of esters is 1. The van der Waals surface area contributed by atoms with E-state index < -0.39 is 18.5 Å². The first kappa shape index (κ1) is 15.3. The highest BCUT2D eigenvalue weighted by Crippen LogP contribution is 2.18. The van der Waals surface area contributed by atoms with Crippen LogP contribution in [-0.4, -0.2) is 23.5 Å². The molecule has 0 saturated carbocycles. The lowest BCUT2D eigenvalue weighted by atomic mass is 10.2. The van der Waals surface area contributed by atoms with Crippen LogP contribution in [0.25, 0.3) is 10.9 Å². The Balaban J connectivity index is 1.61. The number of rotatable bonds is 4. The van der Waals surface area contributed by atoms with Crippen LogP contribution in [0.1, 0.15) is 15.9 Å². The minimum absolute atomic E-state index is 0.380. The molecule has 1 amide bonds. The number of ether oxygens (including phenoxy) is 1. The number of carbonyl (C=O) groups excluding carboxylic acids is 2. The summed E-state index contributed by atoms with van der Waals surface area (Å²) in [4.78, 5) is 27.0. The van der Waals surface area contributed by atoms with Crippen molar-refractivity contribution in [2.45, 2.75) is 0 Å². The first-order valence-corrected chi connectivity index (χ1v) is 7.20. The lowest BCUT2D eigenvalue weighted by molar-refractivity contribution is -0.119. The normalized spacial score (nSPS) is 10.1. The van der Waals surface area contributed by atoms with Gasteiger partial charge in [-0.3, -0.25) is 4.79 Å². The molecule has 0 saturated heterocycles. The first-order chi connectivity index (χ1) is 11.7. The van der Waals surface area contributed by atoms with E-state index in [9.17, 15) is 9.59 Å². The molecule has 0 radical (unpaired) electrons. The summed E-state index contributed by atoms with van der Waals surface area (Å²) in [5.74, 6) is -1.05. The molecular weight excluding hydrogens is 306 g/mol. The second-order valence-electron chi connectivity index (χ2n) is 5.06. The van der Waals surface area contributed by atoms with Crippen LogP contribution in [0.5, 0.6) is 0 Å². The van der Waals surface area contributed by atoms with E-state index in [1.54, 1.807) is 36.5 Å². The number of fused-ring (bicyclic) bond motifs is 1. The average Bonchev–Trinajstić information content (AvgIpc) is 3.04. The van der Waals surface area contributed by atoms with Gasteiger partial charge < -0.3 is 15.0 Å². The van der Waals surface area contributed by atoms with Gasteiger partial charge in [0.1, 0.15) is 0 Å². The second-order valence-corrected chi connectivity index (χ2v) is 5.06. The molecule has 0 bridgehead atoms. The number of amides is 1. The molecular formula is C18H13N3O3. The summed E-state index contributed by atoms with van der Waals surface area (Å²) in [6.45, 7) is -0.408. The average molecular weight is 319 g/mol. The molecule has 0 aliphatic carbocycles. The fraction of sp³-hybridized carbons (Fsp3) is 0.0556. The number of para-hydroxylation sites is 1. The largest absolute Gasteiger partial charge is 0.452 e. The molecule has 6 nitrogen and oxygen atoms in total. The van der Waals surface area contributed by atoms with Gasteiger partial charge in [0, 0.05) is 22.8 Å². The molecule has 0 aliphatic rings. The van der Waals surface area contributed by atoms with Crippen molar-refractivity contribution in [2.75, 3.05) is 11.9 Å². The zero-order valence-corrected chi connectivity index (χ0v) is 12.6. The zero-order valence-electron chi connectivity index (χ0n) is 12.6. The third-order valence-corrected chi connectivity index (χ3v) is 3.42. The van der Waals surface area contributed by atoms with Gasteiger partial charge in [0.2, 0.25) is 0 Å². The number of benzene rings is 2. The van der Waals surface area contributed by atoms with Gasteiger partial charge in [-0.2, -0.15) is 5.26 Å². The molecule has 0 aliphatic heterocycles. The number of aromatic amines is 1. The summed E-state index contributed by atoms with van der Waals surface area (Å²) in [5, 5.41) is 12.1. The molecule has 3 aromatic rings. The summed E-state index contributed by atoms with van der Waals surface area (Å²) in [6, 6.07) is 15.8. The smallest absolute Gasteiger partial charge is 0.340 e. The maximum atomic E-state index is 12.1. The van der Waals surface area contributed by atoms with E-state index >= 15 is 0 Å². The topological polar surface area (TPSA) is 95.0 Å². The number of anilines is 1. The van der Waals surface area contributed by atoms with Gasteiger partial charge in [-0.1, -0.05) is 24.3 Å². The van der Waals surface area contributed by atoms with E-state index in [0.717, 1.165) is 10.9 Å². The number of aromatic nitrogens is 1. The van der Waals surface area contributed by atoms with Crippen molar-refractivity contribution in [3.05, 3.63) is 65.9 Å². The number of nitrogens with zero attached hydrogens (tertiary/aromatic N) is 1. The predicted molar refractivity (Wildman–Crippen MR) is 88.4 cm³/mol. The molecule has 3 rings (SSSR count). The number of nitrogens with one attached hydrogen (secondary N) is 2. The summed E-state index contributed by atoms with van der Waals surface area (Å²) in [5.41, 5.74) is 2.11. The summed E-state index contributed by atoms with van der Waals surface area (Å²) in [7, 11) is 0. The molecule has 0 spiro atoms. The first-order valence-electron chi connectivity index (χ1n) is 7.20. The Morgan fingerprint density at radius 2 is 2.00 bits per heavy atom. The second kappa shape index (κ2) is 6.67. The Labute approximate surface area is 137 Å². The van der Waals surface area contributed by atoms with E-state index in [1.807, 2.05) is 24.3 Å². The SMILES string of the molecule is N#Cc1cccc(NC(=O)COC(=O)c2c[nH]c3ccccc23)c1. The molecule has 24 heavy (non-hydrogen) atoms. The van der Waals surface area contributed by atoms with Gasteiger partial charge in [0.05, 0.1) is 17.2 Å². The molecule has 1 heterocycles. The third kappa shape index (κ3) is 3.25. The van der Waals surface area contributed by atoms with Crippen LogP contribution in [0.2, 0.25) is 0 Å². The van der Waals surface area contributed by atoms with Crippen molar-refractivity contribution in [2.24, 2.45) is 0 Å². The van der Waals surface area contributed by atoms with Gasteiger partial charge in [0.15, 0.2) is 6.61 Å². The van der Waals surface area contributed by atoms with Gasteiger partial charge in [-0.15, -0.1) is 0 Å². The number of hydrogen-bond acceptors (Lipinski definition) is 4. The Bertz CT molecular complexity index is 953. The molecule has 2 N–H and O–H groups in total. The van der Waals surface area contributed by atoms with Crippen LogP contribution in [0.15, 0.2) is 54.7 Å². The van der Waals surface area contributed by atoms with Crippen molar-refractivity contribution in [1.29, 1.82) is 5.26 Å². The molecule has 0 fully saturated rings. The number of hydrogen-bond donors (Lipinski definition) is 2. The highest BCUT2D eigenvalue weighted by atomic mass is 16.5. The maximum Gasteiger partial charge on any atom is 0.340 e. The lowest BCUT2D eigenvalue weighted by Gasteiger charge is -2.06. The molecule has 0 atom stereocenters. The standard InChI is InChI=1S/C18H13N3O3/c19-9-12-4-3-5-13(8-12)21-17(22)11-24-18(23)15-10-20-16-7-2-1-6-14(15)16/h1-8,10,20H,11H2,(H,21,22). The predicted octanol–water partition coefficient (Wildman–Crippen LogP) is 2.84. The number of H-pyrrole nitrogens is 1. The number of nitriles is 1.